The summed E-state index contributed by atoms with van der Waals surface area (Å²) in [4.78, 5) is 17.3. The number of anilines is 2. The fourth-order valence-electron chi connectivity index (χ4n) is 3.18. The van der Waals surface area contributed by atoms with Gasteiger partial charge >= 0.3 is 0 Å². The number of nitrogens with one attached hydrogen (secondary N) is 2. The highest BCUT2D eigenvalue weighted by molar-refractivity contribution is 6.09. The van der Waals surface area contributed by atoms with Gasteiger partial charge in [0.15, 0.2) is 0 Å². The van der Waals surface area contributed by atoms with Gasteiger partial charge in [0.25, 0.3) is 5.91 Å². The number of hydrogen-bond acceptors (Lipinski definition) is 4. The number of carbonyl (C=O) groups excluding carboxylic acids is 1. The molecule has 1 heterocycles. The average Bonchev–Trinajstić information content (AvgIpc) is 2.71. The number of ether oxygens (including phenoxy) is 1. The zero-order chi connectivity index (χ0) is 20.1. The van der Waals surface area contributed by atoms with Crippen LogP contribution in [0.4, 0.5) is 11.4 Å². The maximum Gasteiger partial charge on any atom is 0.255 e. The number of fused-ring (bicyclic) bond motifs is 1. The third kappa shape index (κ3) is 3.83. The summed E-state index contributed by atoms with van der Waals surface area (Å²) in [5, 5.41) is 7.15. The standard InChI is InChI=1S/C23H25N3O2/c1-5-13-24-23(27)18-14-25-22-17(10-8-12-20(22)28-4)21(18)26-19-11-7-6-9-16(19)15(2)3/h5-12,14-15H,1,13H2,2-4H3,(H,24,27)(H,25,26). The highest BCUT2D eigenvalue weighted by Crippen LogP contribution is 2.35. The number of methoxy groups -OCH3 is 1. The van der Waals surface area contributed by atoms with Crippen LogP contribution < -0.4 is 15.4 Å². The Hall–Kier alpha value is -3.34. The summed E-state index contributed by atoms with van der Waals surface area (Å²) in [6.07, 6.45) is 3.24. The van der Waals surface area contributed by atoms with Crippen LogP contribution in [0.15, 0.2) is 61.3 Å². The zero-order valence-electron chi connectivity index (χ0n) is 16.5. The number of nitrogens with zero attached hydrogens (tertiary/aromatic N) is 1. The van der Waals surface area contributed by atoms with E-state index in [0.29, 0.717) is 35.0 Å². The summed E-state index contributed by atoms with van der Waals surface area (Å²) in [5.74, 6) is 0.793. The van der Waals surface area contributed by atoms with Gasteiger partial charge in [0.1, 0.15) is 11.3 Å². The molecular weight excluding hydrogens is 350 g/mol. The lowest BCUT2D eigenvalue weighted by Gasteiger charge is -2.19. The maximum absolute atomic E-state index is 12.8. The molecule has 0 atom stereocenters. The number of hydrogen-bond donors (Lipinski definition) is 2. The van der Waals surface area contributed by atoms with Crippen molar-refractivity contribution in [2.45, 2.75) is 19.8 Å². The number of rotatable bonds is 7. The minimum absolute atomic E-state index is 0.207. The van der Waals surface area contributed by atoms with Crippen molar-refractivity contribution in [2.75, 3.05) is 19.0 Å². The normalized spacial score (nSPS) is 10.7. The molecule has 0 aliphatic rings. The Morgan fingerprint density at radius 2 is 2.00 bits per heavy atom. The first kappa shape index (κ1) is 19.4. The molecule has 0 bridgehead atoms. The van der Waals surface area contributed by atoms with Crippen molar-refractivity contribution in [3.63, 3.8) is 0 Å². The number of aromatic nitrogens is 1. The Labute approximate surface area is 165 Å². The van der Waals surface area contributed by atoms with E-state index >= 15 is 0 Å². The summed E-state index contributed by atoms with van der Waals surface area (Å²) in [6.45, 7) is 8.33. The smallest absolute Gasteiger partial charge is 0.255 e. The van der Waals surface area contributed by atoms with Crippen molar-refractivity contribution in [1.82, 2.24) is 10.3 Å². The van der Waals surface area contributed by atoms with Gasteiger partial charge in [-0.25, -0.2) is 0 Å². The summed E-state index contributed by atoms with van der Waals surface area (Å²) >= 11 is 0. The second-order valence-corrected chi connectivity index (χ2v) is 6.77. The van der Waals surface area contributed by atoms with Crippen LogP contribution in [0.5, 0.6) is 5.75 Å². The number of para-hydroxylation sites is 2. The third-order valence-electron chi connectivity index (χ3n) is 4.57. The Morgan fingerprint density at radius 3 is 2.71 bits per heavy atom. The molecule has 5 nitrogen and oxygen atoms in total. The van der Waals surface area contributed by atoms with Crippen LogP contribution in [0.1, 0.15) is 35.7 Å². The van der Waals surface area contributed by atoms with Gasteiger partial charge in [0, 0.05) is 23.8 Å². The molecule has 0 aliphatic carbocycles. The first-order chi connectivity index (χ1) is 13.6. The maximum atomic E-state index is 12.8. The molecule has 1 amide bonds. The molecule has 0 radical (unpaired) electrons. The van der Waals surface area contributed by atoms with Crippen LogP contribution in [-0.4, -0.2) is 24.5 Å². The SMILES string of the molecule is C=CCNC(=O)c1cnc2c(OC)cccc2c1Nc1ccccc1C(C)C. The Morgan fingerprint density at radius 1 is 1.21 bits per heavy atom. The fourth-order valence-corrected chi connectivity index (χ4v) is 3.18. The molecule has 28 heavy (non-hydrogen) atoms. The Kier molecular flexibility index (Phi) is 5.94. The van der Waals surface area contributed by atoms with Crippen LogP contribution in [0, 0.1) is 0 Å². The van der Waals surface area contributed by atoms with Crippen LogP contribution in [-0.2, 0) is 0 Å². The first-order valence-corrected chi connectivity index (χ1v) is 9.27. The second-order valence-electron chi connectivity index (χ2n) is 6.77. The highest BCUT2D eigenvalue weighted by atomic mass is 16.5. The van der Waals surface area contributed by atoms with Gasteiger partial charge in [0.05, 0.1) is 18.4 Å². The van der Waals surface area contributed by atoms with Crippen LogP contribution >= 0.6 is 0 Å². The number of benzene rings is 2. The van der Waals surface area contributed by atoms with Gasteiger partial charge in [-0.1, -0.05) is 50.3 Å². The van der Waals surface area contributed by atoms with Gasteiger partial charge < -0.3 is 15.4 Å². The molecule has 0 spiro atoms. The minimum atomic E-state index is -0.207. The predicted molar refractivity (Wildman–Crippen MR) is 115 cm³/mol. The first-order valence-electron chi connectivity index (χ1n) is 9.27. The quantitative estimate of drug-likeness (QED) is 0.569. The third-order valence-corrected chi connectivity index (χ3v) is 4.57. The second kappa shape index (κ2) is 8.57. The summed E-state index contributed by atoms with van der Waals surface area (Å²) < 4.78 is 5.46. The Bertz CT molecular complexity index is 1010. The molecule has 0 aliphatic heterocycles. The van der Waals surface area contributed by atoms with Gasteiger partial charge in [-0.05, 0) is 23.6 Å². The van der Waals surface area contributed by atoms with Crippen molar-refractivity contribution < 1.29 is 9.53 Å². The molecule has 5 heteroatoms. The minimum Gasteiger partial charge on any atom is -0.494 e. The van der Waals surface area contributed by atoms with E-state index in [9.17, 15) is 4.79 Å². The van der Waals surface area contributed by atoms with Gasteiger partial charge in [-0.3, -0.25) is 9.78 Å². The fraction of sp³-hybridized carbons (Fsp3) is 0.217. The van der Waals surface area contributed by atoms with Crippen molar-refractivity contribution in [2.24, 2.45) is 0 Å². The van der Waals surface area contributed by atoms with Gasteiger partial charge in [-0.2, -0.15) is 0 Å². The molecule has 0 saturated heterocycles. The zero-order valence-corrected chi connectivity index (χ0v) is 16.5. The molecule has 2 N–H and O–H groups in total. The summed E-state index contributed by atoms with van der Waals surface area (Å²) in [6, 6.07) is 13.8. The lowest BCUT2D eigenvalue weighted by Crippen LogP contribution is -2.24. The van der Waals surface area contributed by atoms with E-state index in [1.807, 2.05) is 36.4 Å². The van der Waals surface area contributed by atoms with Crippen LogP contribution in [0.25, 0.3) is 10.9 Å². The monoisotopic (exact) mass is 375 g/mol. The summed E-state index contributed by atoms with van der Waals surface area (Å²) in [5.41, 5.74) is 4.02. The van der Waals surface area contributed by atoms with E-state index in [1.165, 1.54) is 5.56 Å². The number of pyridine rings is 1. The average molecular weight is 375 g/mol. The molecule has 0 unspecified atom stereocenters. The van der Waals surface area contributed by atoms with E-state index in [1.54, 1.807) is 19.4 Å². The molecule has 0 saturated carbocycles. The van der Waals surface area contributed by atoms with Crippen LogP contribution in [0.3, 0.4) is 0 Å². The van der Waals surface area contributed by atoms with E-state index in [-0.39, 0.29) is 5.91 Å². The van der Waals surface area contributed by atoms with E-state index < -0.39 is 0 Å². The molecule has 144 valence electrons. The molecule has 3 aromatic rings. The number of amides is 1. The van der Waals surface area contributed by atoms with Crippen molar-refractivity contribution in [3.05, 3.63) is 72.4 Å². The van der Waals surface area contributed by atoms with E-state index in [4.69, 9.17) is 4.74 Å². The topological polar surface area (TPSA) is 63.2 Å². The van der Waals surface area contributed by atoms with Crippen molar-refractivity contribution in [3.8, 4) is 5.75 Å². The number of carbonyl (C=O) groups is 1. The highest BCUT2D eigenvalue weighted by Gasteiger charge is 2.18. The molecule has 0 fully saturated rings. The van der Waals surface area contributed by atoms with Crippen LogP contribution in [0.2, 0.25) is 0 Å². The molecule has 2 aromatic carbocycles. The molecular formula is C23H25N3O2. The lowest BCUT2D eigenvalue weighted by atomic mass is 10.00. The van der Waals surface area contributed by atoms with E-state index in [0.717, 1.165) is 11.1 Å². The lowest BCUT2D eigenvalue weighted by molar-refractivity contribution is 0.0958. The Balaban J connectivity index is 2.19. The van der Waals surface area contributed by atoms with Gasteiger partial charge in [0.2, 0.25) is 0 Å². The van der Waals surface area contributed by atoms with Crippen molar-refractivity contribution in [1.29, 1.82) is 0 Å². The van der Waals surface area contributed by atoms with Crippen molar-refractivity contribution >= 4 is 28.2 Å². The summed E-state index contributed by atoms with van der Waals surface area (Å²) in [7, 11) is 1.61. The predicted octanol–water partition coefficient (Wildman–Crippen LogP) is 5.03. The molecule has 1 aromatic heterocycles. The largest absolute Gasteiger partial charge is 0.494 e. The molecule has 3 rings (SSSR count). The van der Waals surface area contributed by atoms with E-state index in [2.05, 4.69) is 42.1 Å². The van der Waals surface area contributed by atoms with Gasteiger partial charge in [-0.15, -0.1) is 6.58 Å².